The van der Waals surface area contributed by atoms with E-state index < -0.39 is 0 Å². The number of benzene rings is 1. The van der Waals surface area contributed by atoms with Crippen molar-refractivity contribution in [2.24, 2.45) is 0 Å². The second-order valence-corrected chi connectivity index (χ2v) is 5.34. The van der Waals surface area contributed by atoms with Crippen molar-refractivity contribution in [1.29, 1.82) is 0 Å². The normalized spacial score (nSPS) is 20.1. The largest absolute Gasteiger partial charge is 0.369 e. The van der Waals surface area contributed by atoms with Crippen LogP contribution >= 0.6 is 0 Å². The minimum absolute atomic E-state index is 0.686. The molecule has 0 amide bonds. The first-order valence-electron chi connectivity index (χ1n) is 7.38. The highest BCUT2D eigenvalue weighted by Crippen LogP contribution is 2.27. The number of nitrogens with zero attached hydrogens (tertiary/aromatic N) is 1. The van der Waals surface area contributed by atoms with Crippen LogP contribution in [0.2, 0.25) is 0 Å². The fourth-order valence-corrected chi connectivity index (χ4v) is 2.80. The van der Waals surface area contributed by atoms with Gasteiger partial charge >= 0.3 is 0 Å². The summed E-state index contributed by atoms with van der Waals surface area (Å²) in [4.78, 5) is 2.59. The van der Waals surface area contributed by atoms with Crippen molar-refractivity contribution in [2.75, 3.05) is 18.0 Å². The molecule has 0 aromatic heterocycles. The Kier molecular flexibility index (Phi) is 5.06. The molecule has 1 aromatic carbocycles. The highest BCUT2D eigenvalue weighted by atomic mass is 15.2. The summed E-state index contributed by atoms with van der Waals surface area (Å²) < 4.78 is 0. The van der Waals surface area contributed by atoms with Gasteiger partial charge in [0, 0.05) is 24.8 Å². The number of hydrogen-bond acceptors (Lipinski definition) is 2. The van der Waals surface area contributed by atoms with Gasteiger partial charge in [-0.3, -0.25) is 0 Å². The van der Waals surface area contributed by atoms with Gasteiger partial charge in [0.05, 0.1) is 0 Å². The molecule has 1 aromatic rings. The van der Waals surface area contributed by atoms with Crippen LogP contribution in [0.25, 0.3) is 0 Å². The third-order valence-corrected chi connectivity index (χ3v) is 3.85. The summed E-state index contributed by atoms with van der Waals surface area (Å²) in [5.41, 5.74) is 2.88. The zero-order chi connectivity index (χ0) is 12.8. The number of piperidine rings is 1. The minimum atomic E-state index is 0.686. The molecule has 1 atom stereocenters. The summed E-state index contributed by atoms with van der Waals surface area (Å²) in [6.45, 7) is 7.88. The van der Waals surface area contributed by atoms with Gasteiger partial charge in [-0.15, -0.1) is 0 Å². The third kappa shape index (κ3) is 3.26. The number of anilines is 1. The second-order valence-electron chi connectivity index (χ2n) is 5.34. The predicted octanol–water partition coefficient (Wildman–Crippen LogP) is 3.57. The van der Waals surface area contributed by atoms with Crippen LogP contribution in [0.1, 0.15) is 45.1 Å². The summed E-state index contributed by atoms with van der Waals surface area (Å²) in [5, 5.41) is 3.52. The Morgan fingerprint density at radius 1 is 1.28 bits per heavy atom. The molecular weight excluding hydrogens is 220 g/mol. The van der Waals surface area contributed by atoms with E-state index in [1.54, 1.807) is 0 Å². The molecule has 1 saturated heterocycles. The zero-order valence-electron chi connectivity index (χ0n) is 11.8. The Labute approximate surface area is 111 Å². The van der Waals surface area contributed by atoms with E-state index in [1.807, 2.05) is 0 Å². The average molecular weight is 246 g/mol. The van der Waals surface area contributed by atoms with Gasteiger partial charge in [0.2, 0.25) is 0 Å². The summed E-state index contributed by atoms with van der Waals surface area (Å²) in [5.74, 6) is 0. The highest BCUT2D eigenvalue weighted by molar-refractivity contribution is 5.54. The number of nitrogens with one attached hydrogen (secondary N) is 1. The van der Waals surface area contributed by atoms with E-state index >= 15 is 0 Å². The topological polar surface area (TPSA) is 15.3 Å². The lowest BCUT2D eigenvalue weighted by molar-refractivity contribution is 0.483. The molecule has 1 aliphatic heterocycles. The summed E-state index contributed by atoms with van der Waals surface area (Å²) in [6.07, 6.45) is 5.24. The van der Waals surface area contributed by atoms with Gasteiger partial charge in [0.15, 0.2) is 0 Å². The molecule has 0 radical (unpaired) electrons. The van der Waals surface area contributed by atoms with Crippen LogP contribution in [0.15, 0.2) is 24.3 Å². The molecule has 2 nitrogen and oxygen atoms in total. The van der Waals surface area contributed by atoms with Crippen molar-refractivity contribution in [3.05, 3.63) is 29.8 Å². The molecule has 0 saturated carbocycles. The minimum Gasteiger partial charge on any atom is -0.369 e. The van der Waals surface area contributed by atoms with E-state index in [1.165, 1.54) is 43.5 Å². The first kappa shape index (κ1) is 13.4. The Morgan fingerprint density at radius 2 is 2.11 bits per heavy atom. The van der Waals surface area contributed by atoms with Crippen LogP contribution < -0.4 is 10.2 Å². The Balaban J connectivity index is 2.10. The Morgan fingerprint density at radius 3 is 2.89 bits per heavy atom. The van der Waals surface area contributed by atoms with Crippen molar-refractivity contribution in [2.45, 2.75) is 52.1 Å². The van der Waals surface area contributed by atoms with Crippen LogP contribution in [-0.2, 0) is 6.54 Å². The molecular formula is C16H26N2. The monoisotopic (exact) mass is 246 g/mol. The van der Waals surface area contributed by atoms with E-state index in [9.17, 15) is 0 Å². The van der Waals surface area contributed by atoms with E-state index in [-0.39, 0.29) is 0 Å². The molecule has 0 aliphatic carbocycles. The summed E-state index contributed by atoms with van der Waals surface area (Å²) in [6, 6.07) is 9.55. The maximum absolute atomic E-state index is 3.52. The first-order chi connectivity index (χ1) is 8.83. The van der Waals surface area contributed by atoms with E-state index in [2.05, 4.69) is 48.3 Å². The predicted molar refractivity (Wildman–Crippen MR) is 79.1 cm³/mol. The zero-order valence-corrected chi connectivity index (χ0v) is 11.8. The number of rotatable bonds is 5. The maximum Gasteiger partial charge on any atom is 0.0414 e. The summed E-state index contributed by atoms with van der Waals surface area (Å²) in [7, 11) is 0. The molecule has 2 rings (SSSR count). The lowest BCUT2D eigenvalue weighted by atomic mass is 10.0. The maximum atomic E-state index is 3.52. The second kappa shape index (κ2) is 6.79. The molecule has 1 unspecified atom stereocenters. The van der Waals surface area contributed by atoms with Crippen molar-refractivity contribution >= 4 is 5.69 Å². The first-order valence-corrected chi connectivity index (χ1v) is 7.38. The molecule has 1 heterocycles. The lowest BCUT2D eigenvalue weighted by Gasteiger charge is -2.36. The molecule has 2 heteroatoms. The molecule has 0 bridgehead atoms. The molecule has 1 aliphatic rings. The van der Waals surface area contributed by atoms with Crippen LogP contribution in [0.3, 0.4) is 0 Å². The van der Waals surface area contributed by atoms with Crippen molar-refractivity contribution < 1.29 is 0 Å². The number of para-hydroxylation sites is 1. The quantitative estimate of drug-likeness (QED) is 0.799. The van der Waals surface area contributed by atoms with Gasteiger partial charge in [-0.1, -0.05) is 25.1 Å². The number of hydrogen-bond donors (Lipinski definition) is 1. The van der Waals surface area contributed by atoms with Gasteiger partial charge in [-0.2, -0.15) is 0 Å². The van der Waals surface area contributed by atoms with Gasteiger partial charge in [0.25, 0.3) is 0 Å². The Bertz CT molecular complexity index is 362. The van der Waals surface area contributed by atoms with E-state index in [0.29, 0.717) is 6.04 Å². The van der Waals surface area contributed by atoms with Crippen LogP contribution in [-0.4, -0.2) is 19.1 Å². The lowest BCUT2D eigenvalue weighted by Crippen LogP contribution is -2.38. The van der Waals surface area contributed by atoms with Crippen molar-refractivity contribution in [3.8, 4) is 0 Å². The van der Waals surface area contributed by atoms with Gasteiger partial charge in [0.1, 0.15) is 0 Å². The average Bonchev–Trinajstić information content (AvgIpc) is 2.40. The smallest absolute Gasteiger partial charge is 0.0414 e. The molecule has 18 heavy (non-hydrogen) atoms. The summed E-state index contributed by atoms with van der Waals surface area (Å²) >= 11 is 0. The molecule has 0 spiro atoms. The van der Waals surface area contributed by atoms with Crippen LogP contribution in [0.4, 0.5) is 5.69 Å². The fraction of sp³-hybridized carbons (Fsp3) is 0.625. The Hall–Kier alpha value is -1.02. The fourth-order valence-electron chi connectivity index (χ4n) is 2.80. The van der Waals surface area contributed by atoms with E-state index in [4.69, 9.17) is 0 Å². The standard InChI is InChI=1S/C16H26N2/c1-3-11-17-13-15-9-4-5-10-16(15)18-12-7-6-8-14(18)2/h4-5,9-10,14,17H,3,6-8,11-13H2,1-2H3. The van der Waals surface area contributed by atoms with Gasteiger partial charge < -0.3 is 10.2 Å². The third-order valence-electron chi connectivity index (χ3n) is 3.85. The van der Waals surface area contributed by atoms with Gasteiger partial charge in [-0.25, -0.2) is 0 Å². The van der Waals surface area contributed by atoms with Crippen LogP contribution in [0, 0.1) is 0 Å². The SMILES string of the molecule is CCCNCc1ccccc1N1CCCCC1C. The van der Waals surface area contributed by atoms with E-state index in [0.717, 1.165) is 13.1 Å². The van der Waals surface area contributed by atoms with Crippen molar-refractivity contribution in [3.63, 3.8) is 0 Å². The highest BCUT2D eigenvalue weighted by Gasteiger charge is 2.20. The molecule has 100 valence electrons. The van der Waals surface area contributed by atoms with Gasteiger partial charge in [-0.05, 0) is 50.8 Å². The van der Waals surface area contributed by atoms with Crippen molar-refractivity contribution in [1.82, 2.24) is 5.32 Å². The molecule has 1 N–H and O–H groups in total. The van der Waals surface area contributed by atoms with Crippen LogP contribution in [0.5, 0.6) is 0 Å². The molecule has 1 fully saturated rings.